The molecular weight excluding hydrogens is 208 g/mol. The van der Waals surface area contributed by atoms with E-state index < -0.39 is 0 Å². The van der Waals surface area contributed by atoms with Crippen LogP contribution in [0.25, 0.3) is 0 Å². The predicted molar refractivity (Wildman–Crippen MR) is 75.1 cm³/mol. The average Bonchev–Trinajstić information content (AvgIpc) is 2.37. The average molecular weight is 240 g/mol. The van der Waals surface area contributed by atoms with E-state index in [4.69, 9.17) is 0 Å². The Kier molecular flexibility index (Phi) is 6.54. The lowest BCUT2D eigenvalue weighted by atomic mass is 9.63. The highest BCUT2D eigenvalue weighted by Crippen LogP contribution is 2.46. The van der Waals surface area contributed by atoms with Crippen molar-refractivity contribution in [3.05, 3.63) is 0 Å². The van der Waals surface area contributed by atoms with Gasteiger partial charge in [0.1, 0.15) is 0 Å². The van der Waals surface area contributed by atoms with Gasteiger partial charge in [-0.05, 0) is 42.9 Å². The number of hydrogen-bond donors (Lipinski definition) is 1. The first-order chi connectivity index (χ1) is 8.18. The molecule has 0 aromatic rings. The second kappa shape index (κ2) is 7.41. The van der Waals surface area contributed by atoms with Crippen LogP contribution in [0.15, 0.2) is 0 Å². The molecule has 0 amide bonds. The minimum Gasteiger partial charge on any atom is -0.396 e. The van der Waals surface area contributed by atoms with E-state index in [1.54, 1.807) is 0 Å². The van der Waals surface area contributed by atoms with E-state index in [2.05, 4.69) is 20.8 Å². The number of rotatable bonds is 7. The molecule has 0 saturated heterocycles. The maximum absolute atomic E-state index is 9.80. The van der Waals surface area contributed by atoms with E-state index in [0.717, 1.165) is 5.92 Å². The summed E-state index contributed by atoms with van der Waals surface area (Å²) in [6.45, 7) is 7.30. The van der Waals surface area contributed by atoms with Gasteiger partial charge in [-0.3, -0.25) is 0 Å². The topological polar surface area (TPSA) is 20.2 Å². The number of unbranched alkanes of at least 4 members (excludes halogenated alkanes) is 1. The van der Waals surface area contributed by atoms with E-state index in [-0.39, 0.29) is 5.41 Å². The molecule has 1 rings (SSSR count). The molecule has 1 aliphatic carbocycles. The quantitative estimate of drug-likeness (QED) is 0.679. The first kappa shape index (κ1) is 15.0. The van der Waals surface area contributed by atoms with Crippen molar-refractivity contribution in [2.24, 2.45) is 17.3 Å². The maximum Gasteiger partial charge on any atom is 0.0489 e. The van der Waals surface area contributed by atoms with Crippen LogP contribution in [0.3, 0.4) is 0 Å². The Balaban J connectivity index is 2.45. The Morgan fingerprint density at radius 2 is 1.82 bits per heavy atom. The Morgan fingerprint density at radius 1 is 1.18 bits per heavy atom. The van der Waals surface area contributed by atoms with Gasteiger partial charge >= 0.3 is 0 Å². The lowest BCUT2D eigenvalue weighted by Gasteiger charge is -2.43. The smallest absolute Gasteiger partial charge is 0.0489 e. The van der Waals surface area contributed by atoms with Crippen LogP contribution in [0.1, 0.15) is 78.6 Å². The van der Waals surface area contributed by atoms with E-state index in [9.17, 15) is 5.11 Å². The van der Waals surface area contributed by atoms with Gasteiger partial charge in [0.25, 0.3) is 0 Å². The molecule has 0 aliphatic heterocycles. The summed E-state index contributed by atoms with van der Waals surface area (Å²) in [5.41, 5.74) is 0.263. The third-order valence-electron chi connectivity index (χ3n) is 5.15. The summed E-state index contributed by atoms with van der Waals surface area (Å²) in [5.74, 6) is 1.65. The number of aliphatic hydroxyl groups excluding tert-OH is 1. The van der Waals surface area contributed by atoms with Crippen LogP contribution < -0.4 is 0 Å². The SMILES string of the molecule is CCCCC1CCC(CO)(C(C)CCC)CC1. The second-order valence-corrected chi connectivity index (χ2v) is 6.30. The molecule has 1 nitrogen and oxygen atoms in total. The monoisotopic (exact) mass is 240 g/mol. The van der Waals surface area contributed by atoms with Crippen LogP contribution in [0.5, 0.6) is 0 Å². The van der Waals surface area contributed by atoms with Gasteiger partial charge in [0.15, 0.2) is 0 Å². The normalized spacial score (nSPS) is 31.4. The fourth-order valence-corrected chi connectivity index (χ4v) is 3.58. The summed E-state index contributed by atoms with van der Waals surface area (Å²) in [4.78, 5) is 0. The van der Waals surface area contributed by atoms with Crippen molar-refractivity contribution in [2.75, 3.05) is 6.61 Å². The molecule has 1 heteroatoms. The number of aliphatic hydroxyl groups is 1. The van der Waals surface area contributed by atoms with Crippen LogP contribution >= 0.6 is 0 Å². The number of hydrogen-bond acceptors (Lipinski definition) is 1. The Bertz CT molecular complexity index is 192. The molecule has 0 spiro atoms. The molecule has 0 radical (unpaired) electrons. The summed E-state index contributed by atoms with van der Waals surface area (Å²) in [7, 11) is 0. The first-order valence-electron chi connectivity index (χ1n) is 7.79. The highest BCUT2D eigenvalue weighted by Gasteiger charge is 2.38. The van der Waals surface area contributed by atoms with Crippen molar-refractivity contribution in [1.82, 2.24) is 0 Å². The van der Waals surface area contributed by atoms with Gasteiger partial charge in [-0.1, -0.05) is 52.9 Å². The first-order valence-corrected chi connectivity index (χ1v) is 7.79. The fraction of sp³-hybridized carbons (Fsp3) is 1.00. The van der Waals surface area contributed by atoms with Gasteiger partial charge in [-0.25, -0.2) is 0 Å². The second-order valence-electron chi connectivity index (χ2n) is 6.30. The van der Waals surface area contributed by atoms with Crippen molar-refractivity contribution in [3.63, 3.8) is 0 Å². The van der Waals surface area contributed by atoms with Crippen molar-refractivity contribution in [3.8, 4) is 0 Å². The molecule has 1 atom stereocenters. The van der Waals surface area contributed by atoms with E-state index in [1.807, 2.05) is 0 Å². The molecule has 0 aromatic heterocycles. The van der Waals surface area contributed by atoms with Crippen LogP contribution in [0.4, 0.5) is 0 Å². The molecule has 1 N–H and O–H groups in total. The van der Waals surface area contributed by atoms with Crippen LogP contribution in [0.2, 0.25) is 0 Å². The molecule has 17 heavy (non-hydrogen) atoms. The highest BCUT2D eigenvalue weighted by molar-refractivity contribution is 4.88. The molecule has 102 valence electrons. The molecule has 0 bridgehead atoms. The van der Waals surface area contributed by atoms with Crippen molar-refractivity contribution >= 4 is 0 Å². The molecule has 0 aromatic carbocycles. The summed E-state index contributed by atoms with van der Waals surface area (Å²) < 4.78 is 0. The van der Waals surface area contributed by atoms with Gasteiger partial charge in [0.2, 0.25) is 0 Å². The molecule has 0 heterocycles. The summed E-state index contributed by atoms with van der Waals surface area (Å²) in [6, 6.07) is 0. The predicted octanol–water partition coefficient (Wildman–Crippen LogP) is 4.78. The van der Waals surface area contributed by atoms with Crippen LogP contribution in [-0.4, -0.2) is 11.7 Å². The lowest BCUT2D eigenvalue weighted by Crippen LogP contribution is -2.37. The maximum atomic E-state index is 9.80. The third kappa shape index (κ3) is 3.98. The molecule has 1 saturated carbocycles. The zero-order valence-electron chi connectivity index (χ0n) is 12.2. The molecular formula is C16H32O. The highest BCUT2D eigenvalue weighted by atomic mass is 16.3. The van der Waals surface area contributed by atoms with Gasteiger partial charge in [-0.2, -0.15) is 0 Å². The fourth-order valence-electron chi connectivity index (χ4n) is 3.58. The zero-order chi connectivity index (χ0) is 12.7. The van der Waals surface area contributed by atoms with Crippen molar-refractivity contribution < 1.29 is 5.11 Å². The van der Waals surface area contributed by atoms with E-state index >= 15 is 0 Å². The minimum absolute atomic E-state index is 0.263. The Morgan fingerprint density at radius 3 is 2.29 bits per heavy atom. The van der Waals surface area contributed by atoms with Gasteiger partial charge in [-0.15, -0.1) is 0 Å². The summed E-state index contributed by atoms with van der Waals surface area (Å²) in [6.07, 6.45) is 11.9. The molecule has 1 aliphatic rings. The lowest BCUT2D eigenvalue weighted by molar-refractivity contribution is 0.0109. The largest absolute Gasteiger partial charge is 0.396 e. The standard InChI is InChI=1S/C16H32O/c1-4-6-8-15-9-11-16(13-17,12-10-15)14(3)7-5-2/h14-15,17H,4-13H2,1-3H3. The Labute approximate surface area is 108 Å². The minimum atomic E-state index is 0.263. The van der Waals surface area contributed by atoms with Gasteiger partial charge < -0.3 is 5.11 Å². The van der Waals surface area contributed by atoms with Crippen LogP contribution in [0, 0.1) is 17.3 Å². The van der Waals surface area contributed by atoms with Crippen LogP contribution in [-0.2, 0) is 0 Å². The molecule has 1 unspecified atom stereocenters. The van der Waals surface area contributed by atoms with E-state index in [1.165, 1.54) is 57.8 Å². The van der Waals surface area contributed by atoms with Crippen molar-refractivity contribution in [2.45, 2.75) is 78.6 Å². The molecule has 1 fully saturated rings. The summed E-state index contributed by atoms with van der Waals surface area (Å²) in [5, 5.41) is 9.80. The summed E-state index contributed by atoms with van der Waals surface area (Å²) >= 11 is 0. The van der Waals surface area contributed by atoms with Gasteiger partial charge in [0, 0.05) is 6.61 Å². The zero-order valence-corrected chi connectivity index (χ0v) is 12.2. The van der Waals surface area contributed by atoms with E-state index in [0.29, 0.717) is 12.5 Å². The van der Waals surface area contributed by atoms with Gasteiger partial charge in [0.05, 0.1) is 0 Å². The third-order valence-corrected chi connectivity index (χ3v) is 5.15. The van der Waals surface area contributed by atoms with Crippen molar-refractivity contribution in [1.29, 1.82) is 0 Å². The Hall–Kier alpha value is -0.0400.